The zero-order valence-corrected chi connectivity index (χ0v) is 26.2. The van der Waals surface area contributed by atoms with E-state index in [4.69, 9.17) is 11.6 Å². The summed E-state index contributed by atoms with van der Waals surface area (Å²) in [6.45, 7) is 18.3. The van der Waals surface area contributed by atoms with Gasteiger partial charge in [-0.15, -0.1) is 22.7 Å². The van der Waals surface area contributed by atoms with Crippen LogP contribution in [0.5, 0.6) is 0 Å². The summed E-state index contributed by atoms with van der Waals surface area (Å²) in [6.07, 6.45) is 1.69. The first-order valence-electron chi connectivity index (χ1n) is 14.1. The van der Waals surface area contributed by atoms with Gasteiger partial charge in [0, 0.05) is 42.4 Å². The van der Waals surface area contributed by atoms with Crippen molar-refractivity contribution in [2.75, 3.05) is 4.90 Å². The first-order valence-corrected chi connectivity index (χ1v) is 15.8. The van der Waals surface area contributed by atoms with Crippen LogP contribution in [0.1, 0.15) is 46.7 Å². The number of hydrogen-bond donors (Lipinski definition) is 0. The third-order valence-corrected chi connectivity index (χ3v) is 11.0. The highest BCUT2D eigenvalue weighted by molar-refractivity contribution is 7.30. The Balaban J connectivity index is 1.39. The lowest BCUT2D eigenvalue weighted by atomic mass is 9.86. The van der Waals surface area contributed by atoms with E-state index in [1.165, 1.54) is 52.9 Å². The quantitative estimate of drug-likeness (QED) is 0.151. The van der Waals surface area contributed by atoms with Gasteiger partial charge in [0.2, 0.25) is 0 Å². The van der Waals surface area contributed by atoms with Crippen LogP contribution in [-0.4, -0.2) is 4.98 Å². The van der Waals surface area contributed by atoms with Crippen LogP contribution in [0.2, 0.25) is 0 Å². The van der Waals surface area contributed by atoms with Crippen molar-refractivity contribution in [3.63, 3.8) is 0 Å². The number of nitrogens with zero attached hydrogens (tertiary/aromatic N) is 4. The molecule has 0 fully saturated rings. The summed E-state index contributed by atoms with van der Waals surface area (Å²) in [4.78, 5) is 13.3. The molecule has 43 heavy (non-hydrogen) atoms. The summed E-state index contributed by atoms with van der Waals surface area (Å²) in [7, 11) is 0. The summed E-state index contributed by atoms with van der Waals surface area (Å²) in [5.41, 5.74) is 9.33. The van der Waals surface area contributed by atoms with Gasteiger partial charge < -0.3 is 0 Å². The molecule has 0 spiro atoms. The number of benzene rings is 3. The predicted octanol–water partition coefficient (Wildman–Crippen LogP) is 11.0. The van der Waals surface area contributed by atoms with Gasteiger partial charge in [0.25, 0.3) is 5.70 Å². The van der Waals surface area contributed by atoms with Gasteiger partial charge in [-0.1, -0.05) is 44.2 Å². The van der Waals surface area contributed by atoms with Crippen molar-refractivity contribution in [3.8, 4) is 16.5 Å². The topological polar surface area (TPSA) is 44.3 Å². The molecule has 0 atom stereocenters. The highest BCUT2D eigenvalue weighted by Crippen LogP contribution is 2.57. The average Bonchev–Trinajstić information content (AvgIpc) is 3.62. The molecule has 0 bridgehead atoms. The van der Waals surface area contributed by atoms with Crippen LogP contribution in [-0.2, 0) is 5.41 Å². The molecule has 0 saturated heterocycles. The Bertz CT molecular complexity index is 2190. The molecular formula is C37H28N4S2. The van der Waals surface area contributed by atoms with Crippen molar-refractivity contribution in [2.45, 2.75) is 40.0 Å². The molecule has 6 aromatic rings. The molecule has 6 heteroatoms. The van der Waals surface area contributed by atoms with Crippen molar-refractivity contribution >= 4 is 66.1 Å². The van der Waals surface area contributed by atoms with Gasteiger partial charge in [-0.2, -0.15) is 0 Å². The highest BCUT2D eigenvalue weighted by Gasteiger charge is 2.41. The molecule has 3 heterocycles. The molecule has 0 radical (unpaired) electrons. The van der Waals surface area contributed by atoms with Crippen LogP contribution < -0.4 is 4.90 Å². The Labute approximate surface area is 259 Å². The molecule has 1 aliphatic rings. The van der Waals surface area contributed by atoms with Gasteiger partial charge in [-0.25, -0.2) is 15.1 Å². The Morgan fingerprint density at radius 3 is 2.40 bits per heavy atom. The molecule has 208 valence electrons. The largest absolute Gasteiger partial charge is 0.295 e. The molecule has 0 unspecified atom stereocenters. The van der Waals surface area contributed by atoms with E-state index in [1.807, 2.05) is 6.07 Å². The fourth-order valence-corrected chi connectivity index (χ4v) is 9.11. The Kier molecular flexibility index (Phi) is 6.25. The SMILES string of the molecule is [C-]#[N+]/C(C#N)=C\c1cc2sc3c(c2s1)C(C)(C)c1nc(N(c2cc(C)c(C)c(C)c2)c2ccc4ccccc4c2)ccc1-3. The fourth-order valence-electron chi connectivity index (χ4n) is 6.18. The maximum Gasteiger partial charge on any atom is 0.263 e. The fraction of sp³-hybridized carbons (Fsp3) is 0.162. The number of fused-ring (bicyclic) bond motifs is 6. The van der Waals surface area contributed by atoms with E-state index < -0.39 is 0 Å². The molecule has 7 rings (SSSR count). The molecule has 0 amide bonds. The predicted molar refractivity (Wildman–Crippen MR) is 182 cm³/mol. The molecule has 3 aromatic heterocycles. The lowest BCUT2D eigenvalue weighted by Gasteiger charge is -2.28. The maximum absolute atomic E-state index is 9.26. The molecular weight excluding hydrogens is 565 g/mol. The van der Waals surface area contributed by atoms with Gasteiger partial charge >= 0.3 is 0 Å². The number of rotatable bonds is 4. The molecule has 3 aromatic carbocycles. The van der Waals surface area contributed by atoms with Crippen molar-refractivity contribution in [1.29, 1.82) is 5.26 Å². The van der Waals surface area contributed by atoms with E-state index in [2.05, 4.69) is 117 Å². The van der Waals surface area contributed by atoms with Crippen LogP contribution in [0.3, 0.4) is 0 Å². The van der Waals surface area contributed by atoms with E-state index in [-0.39, 0.29) is 11.1 Å². The minimum absolute atomic E-state index is 0.106. The Morgan fingerprint density at radius 2 is 1.67 bits per heavy atom. The first kappa shape index (κ1) is 27.1. The summed E-state index contributed by atoms with van der Waals surface area (Å²) in [6, 6.07) is 28.1. The number of hydrogen-bond acceptors (Lipinski definition) is 5. The van der Waals surface area contributed by atoms with E-state index in [0.717, 1.165) is 27.8 Å². The van der Waals surface area contributed by atoms with Crippen LogP contribution in [0.25, 0.3) is 41.5 Å². The smallest absolute Gasteiger partial charge is 0.263 e. The van der Waals surface area contributed by atoms with Gasteiger partial charge in [0.05, 0.1) is 23.0 Å². The van der Waals surface area contributed by atoms with Crippen molar-refractivity contribution in [3.05, 3.63) is 123 Å². The molecule has 4 nitrogen and oxygen atoms in total. The van der Waals surface area contributed by atoms with E-state index in [1.54, 1.807) is 28.7 Å². The monoisotopic (exact) mass is 592 g/mol. The number of aromatic nitrogens is 1. The van der Waals surface area contributed by atoms with E-state index in [0.29, 0.717) is 0 Å². The van der Waals surface area contributed by atoms with Crippen LogP contribution in [0, 0.1) is 38.7 Å². The minimum atomic E-state index is -0.309. The molecule has 0 aliphatic heterocycles. The summed E-state index contributed by atoms with van der Waals surface area (Å²) in [5.74, 6) is 0.890. The third kappa shape index (κ3) is 4.26. The maximum atomic E-state index is 9.26. The normalized spacial score (nSPS) is 13.5. The number of nitriles is 1. The third-order valence-electron chi connectivity index (χ3n) is 8.63. The van der Waals surface area contributed by atoms with Gasteiger partial charge in [0.1, 0.15) is 5.82 Å². The lowest BCUT2D eigenvalue weighted by Crippen LogP contribution is -2.19. The summed E-state index contributed by atoms with van der Waals surface area (Å²) < 4.78 is 2.41. The number of aryl methyl sites for hydroxylation is 2. The zero-order chi connectivity index (χ0) is 30.0. The van der Waals surface area contributed by atoms with Gasteiger partial charge in [-0.05, 0) is 96.8 Å². The number of thiophene rings is 2. The number of allylic oxidation sites excluding steroid dienone is 1. The molecule has 0 N–H and O–H groups in total. The van der Waals surface area contributed by atoms with Crippen LogP contribution >= 0.6 is 22.7 Å². The number of pyridine rings is 1. The second kappa shape index (κ2) is 9.92. The van der Waals surface area contributed by atoms with Gasteiger partial charge in [0.15, 0.2) is 0 Å². The lowest BCUT2D eigenvalue weighted by molar-refractivity contribution is 0.644. The summed E-state index contributed by atoms with van der Waals surface area (Å²) in [5, 5.41) is 11.7. The standard InChI is InChI=1S/C37H28N4S2/c1-21-15-28(16-22(2)23(21)3)41(27-12-11-24-9-7-8-10-25(24)17-27)32-14-13-30-34-33(37(4,5)36(30)40-32)35-31(43-34)19-29(42-35)18-26(20-38)39-6/h7-19H,1-5H3/b26-18-. The van der Waals surface area contributed by atoms with Crippen LogP contribution in [0.4, 0.5) is 17.2 Å². The Hall–Kier alpha value is -4.75. The Morgan fingerprint density at radius 1 is 0.930 bits per heavy atom. The highest BCUT2D eigenvalue weighted by atomic mass is 32.1. The average molecular weight is 593 g/mol. The number of anilines is 3. The second-order valence-electron chi connectivity index (χ2n) is 11.7. The van der Waals surface area contributed by atoms with E-state index in [9.17, 15) is 5.26 Å². The van der Waals surface area contributed by atoms with Crippen molar-refractivity contribution in [2.24, 2.45) is 0 Å². The second-order valence-corrected chi connectivity index (χ2v) is 13.8. The minimum Gasteiger partial charge on any atom is -0.295 e. The van der Waals surface area contributed by atoms with Crippen molar-refractivity contribution < 1.29 is 0 Å². The molecule has 0 saturated carbocycles. The van der Waals surface area contributed by atoms with Gasteiger partial charge in [-0.3, -0.25) is 4.90 Å². The van der Waals surface area contributed by atoms with Crippen LogP contribution in [0.15, 0.2) is 78.5 Å². The summed E-state index contributed by atoms with van der Waals surface area (Å²) >= 11 is 3.43. The first-order chi connectivity index (χ1) is 20.7. The van der Waals surface area contributed by atoms with Crippen molar-refractivity contribution in [1.82, 2.24) is 4.98 Å². The van der Waals surface area contributed by atoms with E-state index >= 15 is 0 Å². The zero-order valence-electron chi connectivity index (χ0n) is 24.6. The molecule has 1 aliphatic carbocycles.